The Labute approximate surface area is 153 Å². The predicted octanol–water partition coefficient (Wildman–Crippen LogP) is 5.16. The van der Waals surface area contributed by atoms with Gasteiger partial charge in [0.25, 0.3) is 11.1 Å². The summed E-state index contributed by atoms with van der Waals surface area (Å²) in [4.78, 5) is 26.1. The van der Waals surface area contributed by atoms with Crippen molar-refractivity contribution in [3.63, 3.8) is 0 Å². The van der Waals surface area contributed by atoms with Crippen molar-refractivity contribution in [2.24, 2.45) is 0 Å². The molecule has 116 valence electrons. The van der Waals surface area contributed by atoms with E-state index in [-0.39, 0.29) is 15.9 Å². The molecule has 3 rings (SSSR count). The van der Waals surface area contributed by atoms with Crippen molar-refractivity contribution in [2.75, 3.05) is 4.90 Å². The monoisotopic (exact) mass is 453 g/mol. The van der Waals surface area contributed by atoms with E-state index < -0.39 is 5.91 Å². The average molecular weight is 455 g/mol. The molecule has 1 aliphatic rings. The molecule has 0 saturated carbocycles. The first-order valence-electron chi connectivity index (χ1n) is 6.48. The largest absolute Gasteiger partial charge is 0.506 e. The molecule has 23 heavy (non-hydrogen) atoms. The molecular formula is C16H9Br2NO3S. The van der Waals surface area contributed by atoms with E-state index >= 15 is 0 Å². The van der Waals surface area contributed by atoms with Gasteiger partial charge in [0.05, 0.1) is 15.1 Å². The van der Waals surface area contributed by atoms with Crippen LogP contribution >= 0.6 is 43.6 Å². The number of para-hydroxylation sites is 1. The summed E-state index contributed by atoms with van der Waals surface area (Å²) in [7, 11) is 0. The molecule has 0 spiro atoms. The number of hydrogen-bond acceptors (Lipinski definition) is 4. The summed E-state index contributed by atoms with van der Waals surface area (Å²) in [5, 5.41) is 9.73. The van der Waals surface area contributed by atoms with Crippen LogP contribution < -0.4 is 4.90 Å². The summed E-state index contributed by atoms with van der Waals surface area (Å²) in [5.74, 6) is -0.388. The van der Waals surface area contributed by atoms with Crippen LogP contribution in [0.25, 0.3) is 6.08 Å². The maximum Gasteiger partial charge on any atom is 0.298 e. The van der Waals surface area contributed by atoms with Crippen molar-refractivity contribution in [1.29, 1.82) is 0 Å². The number of amides is 2. The van der Waals surface area contributed by atoms with Crippen molar-refractivity contribution in [3.8, 4) is 5.75 Å². The number of anilines is 1. The van der Waals surface area contributed by atoms with Crippen molar-refractivity contribution >= 4 is 66.5 Å². The number of thioether (sulfide) groups is 1. The van der Waals surface area contributed by atoms with Crippen LogP contribution in [0, 0.1) is 0 Å². The normalized spacial score (nSPS) is 16.4. The van der Waals surface area contributed by atoms with Gasteiger partial charge in [0.2, 0.25) is 0 Å². The van der Waals surface area contributed by atoms with Crippen molar-refractivity contribution in [1.82, 2.24) is 0 Å². The highest BCUT2D eigenvalue weighted by Crippen LogP contribution is 2.38. The number of phenolic OH excluding ortho intramolecular Hbond substituents is 1. The Hall–Kier alpha value is -1.57. The number of carbonyl (C=O) groups is 2. The Morgan fingerprint density at radius 3 is 2.48 bits per heavy atom. The van der Waals surface area contributed by atoms with Crippen molar-refractivity contribution < 1.29 is 14.7 Å². The number of carbonyl (C=O) groups excluding carboxylic acids is 2. The Kier molecular flexibility index (Phi) is 4.61. The molecule has 4 nitrogen and oxygen atoms in total. The Morgan fingerprint density at radius 2 is 1.78 bits per heavy atom. The van der Waals surface area contributed by atoms with E-state index in [2.05, 4.69) is 31.9 Å². The summed E-state index contributed by atoms with van der Waals surface area (Å²) >= 11 is 7.42. The second kappa shape index (κ2) is 6.51. The van der Waals surface area contributed by atoms with Crippen LogP contribution in [-0.2, 0) is 4.79 Å². The summed E-state index contributed by atoms with van der Waals surface area (Å²) in [5.41, 5.74) is 0.975. The molecule has 1 aliphatic heterocycles. The van der Waals surface area contributed by atoms with E-state index in [4.69, 9.17) is 0 Å². The fourth-order valence-corrected chi connectivity index (χ4v) is 4.20. The van der Waals surface area contributed by atoms with Crippen LogP contribution in [0.3, 0.4) is 0 Å². The van der Waals surface area contributed by atoms with E-state index in [9.17, 15) is 14.7 Å². The van der Waals surface area contributed by atoms with Crippen LogP contribution in [0.5, 0.6) is 5.75 Å². The van der Waals surface area contributed by atoms with Gasteiger partial charge in [-0.2, -0.15) is 0 Å². The molecule has 0 aliphatic carbocycles. The summed E-state index contributed by atoms with van der Waals surface area (Å²) in [6, 6.07) is 12.1. The molecular weight excluding hydrogens is 446 g/mol. The first-order chi connectivity index (χ1) is 11.0. The van der Waals surface area contributed by atoms with Gasteiger partial charge in [-0.05, 0) is 58.0 Å². The second-order valence-corrected chi connectivity index (χ2v) is 7.44. The molecule has 2 aromatic rings. The molecule has 0 bridgehead atoms. The lowest BCUT2D eigenvalue weighted by Gasteiger charge is -2.11. The zero-order valence-electron chi connectivity index (χ0n) is 11.5. The second-order valence-electron chi connectivity index (χ2n) is 4.68. The third-order valence-corrected chi connectivity index (χ3v) is 5.08. The minimum atomic E-state index is -0.401. The van der Waals surface area contributed by atoms with Gasteiger partial charge < -0.3 is 5.11 Å². The molecule has 2 aromatic carbocycles. The van der Waals surface area contributed by atoms with Crippen LogP contribution in [0.2, 0.25) is 0 Å². The van der Waals surface area contributed by atoms with Gasteiger partial charge in [0, 0.05) is 10.0 Å². The zero-order valence-corrected chi connectivity index (χ0v) is 15.5. The number of nitrogens with zero attached hydrogens (tertiary/aromatic N) is 1. The fourth-order valence-electron chi connectivity index (χ4n) is 2.10. The highest BCUT2D eigenvalue weighted by Gasteiger charge is 2.36. The highest BCUT2D eigenvalue weighted by molar-refractivity contribution is 9.11. The number of phenols is 1. The number of imide groups is 1. The van der Waals surface area contributed by atoms with Crippen LogP contribution in [0.15, 0.2) is 56.3 Å². The molecule has 1 heterocycles. The lowest BCUT2D eigenvalue weighted by Crippen LogP contribution is -2.27. The molecule has 0 unspecified atom stereocenters. The molecule has 0 radical (unpaired) electrons. The SMILES string of the molecule is O=C1S/C(=C/c2cc(Br)cc(Br)c2O)C(=O)N1c1ccccc1. The van der Waals surface area contributed by atoms with Crippen LogP contribution in [0.4, 0.5) is 10.5 Å². The van der Waals surface area contributed by atoms with E-state index in [0.717, 1.165) is 21.1 Å². The first kappa shape index (κ1) is 16.3. The van der Waals surface area contributed by atoms with E-state index in [0.29, 0.717) is 15.7 Å². The van der Waals surface area contributed by atoms with Gasteiger partial charge in [0.1, 0.15) is 5.75 Å². The number of rotatable bonds is 2. The van der Waals surface area contributed by atoms with Gasteiger partial charge in [-0.1, -0.05) is 34.1 Å². The maximum atomic E-state index is 12.5. The van der Waals surface area contributed by atoms with Crippen LogP contribution in [0.1, 0.15) is 5.56 Å². The minimum absolute atomic E-state index is 0.0136. The molecule has 7 heteroatoms. The van der Waals surface area contributed by atoms with Gasteiger partial charge >= 0.3 is 0 Å². The topological polar surface area (TPSA) is 57.6 Å². The summed E-state index contributed by atoms with van der Waals surface area (Å²) in [6.07, 6.45) is 1.51. The van der Waals surface area contributed by atoms with Gasteiger partial charge in [-0.15, -0.1) is 0 Å². The predicted molar refractivity (Wildman–Crippen MR) is 98.4 cm³/mol. The molecule has 1 saturated heterocycles. The number of hydrogen-bond donors (Lipinski definition) is 1. The van der Waals surface area contributed by atoms with Gasteiger partial charge in [-0.3, -0.25) is 9.59 Å². The number of halogens is 2. The smallest absolute Gasteiger partial charge is 0.298 e. The molecule has 0 aromatic heterocycles. The molecule has 1 fully saturated rings. The standard InChI is InChI=1S/C16H9Br2NO3S/c17-10-6-9(14(20)12(18)8-10)7-13-15(21)19(16(22)23-13)11-4-2-1-3-5-11/h1-8,20H/b13-7+. The third-order valence-electron chi connectivity index (χ3n) is 3.15. The summed E-state index contributed by atoms with van der Waals surface area (Å²) < 4.78 is 1.25. The highest BCUT2D eigenvalue weighted by atomic mass is 79.9. The van der Waals surface area contributed by atoms with Crippen molar-refractivity contribution in [3.05, 3.63) is 61.9 Å². The van der Waals surface area contributed by atoms with E-state index in [1.54, 1.807) is 36.4 Å². The first-order valence-corrected chi connectivity index (χ1v) is 8.88. The Morgan fingerprint density at radius 1 is 1.09 bits per heavy atom. The number of aromatic hydroxyl groups is 1. The minimum Gasteiger partial charge on any atom is -0.506 e. The Bertz CT molecular complexity index is 837. The molecule has 0 atom stereocenters. The maximum absolute atomic E-state index is 12.5. The average Bonchev–Trinajstić information content (AvgIpc) is 2.79. The fraction of sp³-hybridized carbons (Fsp3) is 0. The van der Waals surface area contributed by atoms with E-state index in [1.165, 1.54) is 6.08 Å². The quantitative estimate of drug-likeness (QED) is 0.637. The van der Waals surface area contributed by atoms with Gasteiger partial charge in [-0.25, -0.2) is 4.90 Å². The zero-order chi connectivity index (χ0) is 16.6. The number of benzene rings is 2. The lowest BCUT2D eigenvalue weighted by molar-refractivity contribution is -0.113. The summed E-state index contributed by atoms with van der Waals surface area (Å²) in [6.45, 7) is 0. The van der Waals surface area contributed by atoms with Crippen LogP contribution in [-0.4, -0.2) is 16.3 Å². The molecule has 1 N–H and O–H groups in total. The molecule has 2 amide bonds. The van der Waals surface area contributed by atoms with Gasteiger partial charge in [0.15, 0.2) is 0 Å². The Balaban J connectivity index is 2.00. The third kappa shape index (κ3) is 3.22. The lowest BCUT2D eigenvalue weighted by atomic mass is 10.2. The van der Waals surface area contributed by atoms with Crippen molar-refractivity contribution in [2.45, 2.75) is 0 Å². The van der Waals surface area contributed by atoms with E-state index in [1.807, 2.05) is 6.07 Å².